The number of benzene rings is 2. The van der Waals surface area contributed by atoms with Gasteiger partial charge in [0.25, 0.3) is 0 Å². The Morgan fingerprint density at radius 1 is 1.00 bits per heavy atom. The summed E-state index contributed by atoms with van der Waals surface area (Å²) in [6, 6.07) is 10.7. The molecule has 0 aliphatic rings. The van der Waals surface area contributed by atoms with Crippen LogP contribution in [-0.4, -0.2) is 0 Å². The predicted octanol–water partition coefficient (Wildman–Crippen LogP) is 4.79. The minimum absolute atomic E-state index is 0.111. The van der Waals surface area contributed by atoms with Gasteiger partial charge < -0.3 is 5.32 Å². The van der Waals surface area contributed by atoms with E-state index in [1.807, 2.05) is 19.1 Å². The van der Waals surface area contributed by atoms with E-state index in [0.29, 0.717) is 5.02 Å². The Labute approximate surface area is 109 Å². The van der Waals surface area contributed by atoms with E-state index in [4.69, 9.17) is 11.6 Å². The summed E-state index contributed by atoms with van der Waals surface area (Å²) in [5.74, 6) is -1.20. The molecule has 0 aliphatic heterocycles. The van der Waals surface area contributed by atoms with E-state index >= 15 is 0 Å². The van der Waals surface area contributed by atoms with Crippen LogP contribution in [0.25, 0.3) is 0 Å². The molecule has 94 valence electrons. The van der Waals surface area contributed by atoms with Crippen molar-refractivity contribution in [2.45, 2.75) is 13.0 Å². The lowest BCUT2D eigenvalue weighted by atomic mass is 10.1. The Morgan fingerprint density at radius 3 is 2.11 bits per heavy atom. The van der Waals surface area contributed by atoms with E-state index in [-0.39, 0.29) is 11.7 Å². The smallest absolute Gasteiger partial charge is 0.149 e. The van der Waals surface area contributed by atoms with Crippen LogP contribution in [0.4, 0.5) is 14.5 Å². The first-order valence-electron chi connectivity index (χ1n) is 5.54. The lowest BCUT2D eigenvalue weighted by Crippen LogP contribution is -2.09. The minimum atomic E-state index is -0.601. The third-order valence-corrected chi connectivity index (χ3v) is 2.95. The van der Waals surface area contributed by atoms with Crippen molar-refractivity contribution in [1.82, 2.24) is 0 Å². The highest BCUT2D eigenvalue weighted by Crippen LogP contribution is 2.24. The van der Waals surface area contributed by atoms with Crippen LogP contribution in [0.15, 0.2) is 42.5 Å². The quantitative estimate of drug-likeness (QED) is 0.843. The fraction of sp³-hybridized carbons (Fsp3) is 0.143. The second kappa shape index (κ2) is 5.36. The number of hydrogen-bond acceptors (Lipinski definition) is 1. The molecule has 0 bridgehead atoms. The van der Waals surface area contributed by atoms with Crippen molar-refractivity contribution < 1.29 is 8.78 Å². The van der Waals surface area contributed by atoms with Gasteiger partial charge in [0.1, 0.15) is 17.3 Å². The van der Waals surface area contributed by atoms with Crippen LogP contribution < -0.4 is 5.32 Å². The van der Waals surface area contributed by atoms with Gasteiger partial charge in [-0.2, -0.15) is 0 Å². The lowest BCUT2D eigenvalue weighted by molar-refractivity contribution is 0.584. The highest BCUT2D eigenvalue weighted by molar-refractivity contribution is 6.30. The molecule has 0 heterocycles. The molecule has 2 rings (SSSR count). The van der Waals surface area contributed by atoms with E-state index in [1.54, 1.807) is 12.1 Å². The molecule has 0 saturated carbocycles. The van der Waals surface area contributed by atoms with Crippen LogP contribution >= 0.6 is 11.6 Å². The first-order chi connectivity index (χ1) is 8.58. The monoisotopic (exact) mass is 267 g/mol. The summed E-state index contributed by atoms with van der Waals surface area (Å²) in [5, 5.41) is 3.45. The maximum absolute atomic E-state index is 13.5. The summed E-state index contributed by atoms with van der Waals surface area (Å²) in [6.45, 7) is 1.83. The highest BCUT2D eigenvalue weighted by atomic mass is 35.5. The average molecular weight is 268 g/mol. The molecule has 2 aromatic carbocycles. The van der Waals surface area contributed by atoms with E-state index in [0.717, 1.165) is 5.56 Å². The molecule has 0 fully saturated rings. The van der Waals surface area contributed by atoms with Crippen LogP contribution in [0, 0.1) is 11.6 Å². The molecule has 4 heteroatoms. The molecule has 18 heavy (non-hydrogen) atoms. The molecular formula is C14H12ClF2N. The maximum atomic E-state index is 13.5. The van der Waals surface area contributed by atoms with Crippen LogP contribution in [0.2, 0.25) is 5.02 Å². The van der Waals surface area contributed by atoms with E-state index < -0.39 is 11.6 Å². The first-order valence-corrected chi connectivity index (χ1v) is 5.91. The Hall–Kier alpha value is -1.61. The van der Waals surface area contributed by atoms with E-state index in [2.05, 4.69) is 5.32 Å². The summed E-state index contributed by atoms with van der Waals surface area (Å²) in [4.78, 5) is 0. The van der Waals surface area contributed by atoms with Gasteiger partial charge in [0.05, 0.1) is 0 Å². The molecule has 0 spiro atoms. The fourth-order valence-corrected chi connectivity index (χ4v) is 1.81. The lowest BCUT2D eigenvalue weighted by Gasteiger charge is -2.16. The van der Waals surface area contributed by atoms with Crippen molar-refractivity contribution in [2.24, 2.45) is 0 Å². The first kappa shape index (κ1) is 12.8. The van der Waals surface area contributed by atoms with Gasteiger partial charge in [0.15, 0.2) is 0 Å². The average Bonchev–Trinajstić information content (AvgIpc) is 2.34. The number of hydrogen-bond donors (Lipinski definition) is 1. The second-order valence-electron chi connectivity index (χ2n) is 4.01. The van der Waals surface area contributed by atoms with Crippen molar-refractivity contribution in [1.29, 1.82) is 0 Å². The molecule has 1 N–H and O–H groups in total. The topological polar surface area (TPSA) is 12.0 Å². The normalized spacial score (nSPS) is 12.2. The van der Waals surface area contributed by atoms with Gasteiger partial charge in [0, 0.05) is 11.1 Å². The number of rotatable bonds is 3. The Balaban J connectivity index is 2.21. The predicted molar refractivity (Wildman–Crippen MR) is 69.8 cm³/mol. The molecule has 0 radical (unpaired) electrons. The number of para-hydroxylation sites is 1. The van der Waals surface area contributed by atoms with Crippen LogP contribution in [0.3, 0.4) is 0 Å². The summed E-state index contributed by atoms with van der Waals surface area (Å²) >= 11 is 5.79. The molecule has 0 amide bonds. The van der Waals surface area contributed by atoms with Crippen LogP contribution in [0.1, 0.15) is 18.5 Å². The molecule has 0 aliphatic carbocycles. The molecule has 1 nitrogen and oxygen atoms in total. The summed E-state index contributed by atoms with van der Waals surface area (Å²) < 4.78 is 26.9. The summed E-state index contributed by atoms with van der Waals surface area (Å²) in [7, 11) is 0. The number of nitrogens with one attached hydrogen (secondary N) is 1. The fourth-order valence-electron chi connectivity index (χ4n) is 1.69. The van der Waals surface area contributed by atoms with Crippen molar-refractivity contribution in [2.75, 3.05) is 5.32 Å². The zero-order valence-corrected chi connectivity index (χ0v) is 10.5. The molecule has 2 aromatic rings. The largest absolute Gasteiger partial charge is 0.374 e. The highest BCUT2D eigenvalue weighted by Gasteiger charge is 2.12. The number of halogens is 3. The van der Waals surface area contributed by atoms with Gasteiger partial charge in [-0.3, -0.25) is 0 Å². The van der Waals surface area contributed by atoms with Gasteiger partial charge >= 0.3 is 0 Å². The number of anilines is 1. The molecule has 0 aromatic heterocycles. The van der Waals surface area contributed by atoms with Crippen LogP contribution in [0.5, 0.6) is 0 Å². The third kappa shape index (κ3) is 2.79. The molecule has 1 unspecified atom stereocenters. The Morgan fingerprint density at radius 2 is 1.56 bits per heavy atom. The second-order valence-corrected chi connectivity index (χ2v) is 4.45. The zero-order valence-electron chi connectivity index (χ0n) is 9.75. The van der Waals surface area contributed by atoms with Crippen molar-refractivity contribution in [3.8, 4) is 0 Å². The van der Waals surface area contributed by atoms with Crippen LogP contribution in [-0.2, 0) is 0 Å². The third-order valence-electron chi connectivity index (χ3n) is 2.69. The standard InChI is InChI=1S/C14H12ClF2N/c1-9(10-5-7-11(15)8-6-10)18-14-12(16)3-2-4-13(14)17/h2-9,18H,1H3. The van der Waals surface area contributed by atoms with Gasteiger partial charge in [0.2, 0.25) is 0 Å². The summed E-state index contributed by atoms with van der Waals surface area (Å²) in [6.07, 6.45) is 0. The van der Waals surface area contributed by atoms with E-state index in [1.165, 1.54) is 18.2 Å². The molecule has 0 saturated heterocycles. The minimum Gasteiger partial charge on any atom is -0.374 e. The van der Waals surface area contributed by atoms with Crippen molar-refractivity contribution in [3.63, 3.8) is 0 Å². The van der Waals surface area contributed by atoms with Gasteiger partial charge in [-0.15, -0.1) is 0 Å². The van der Waals surface area contributed by atoms with Crippen molar-refractivity contribution >= 4 is 17.3 Å². The maximum Gasteiger partial charge on any atom is 0.149 e. The molecule has 1 atom stereocenters. The summed E-state index contributed by atoms with van der Waals surface area (Å²) in [5.41, 5.74) is 0.794. The van der Waals surface area contributed by atoms with E-state index in [9.17, 15) is 8.78 Å². The Bertz CT molecular complexity index is 520. The van der Waals surface area contributed by atoms with Crippen molar-refractivity contribution in [3.05, 3.63) is 64.7 Å². The molecular weight excluding hydrogens is 256 g/mol. The van der Waals surface area contributed by atoms with Gasteiger partial charge in [-0.1, -0.05) is 29.8 Å². The Kier molecular flexibility index (Phi) is 3.82. The zero-order chi connectivity index (χ0) is 13.1. The van der Waals surface area contributed by atoms with Gasteiger partial charge in [-0.05, 0) is 36.8 Å². The SMILES string of the molecule is CC(Nc1c(F)cccc1F)c1ccc(Cl)cc1. The van der Waals surface area contributed by atoms with Gasteiger partial charge in [-0.25, -0.2) is 8.78 Å².